The zero-order valence-electron chi connectivity index (χ0n) is 22.5. The Bertz CT molecular complexity index is 1830. The Balaban J connectivity index is 1.54. The van der Waals surface area contributed by atoms with Gasteiger partial charge >= 0.3 is 5.97 Å². The van der Waals surface area contributed by atoms with Gasteiger partial charge in [-0.05, 0) is 61.4 Å². The van der Waals surface area contributed by atoms with Crippen molar-refractivity contribution in [1.29, 1.82) is 0 Å². The van der Waals surface area contributed by atoms with Gasteiger partial charge in [-0.3, -0.25) is 9.36 Å². The molecule has 10 heteroatoms. The highest BCUT2D eigenvalue weighted by Crippen LogP contribution is 2.32. The first-order valence-corrected chi connectivity index (χ1v) is 14.0. The second-order valence-electron chi connectivity index (χ2n) is 9.14. The molecular formula is C31H26ClFN2O5S. The van der Waals surface area contributed by atoms with Gasteiger partial charge in [0.2, 0.25) is 0 Å². The van der Waals surface area contributed by atoms with Crippen molar-refractivity contribution in [3.8, 4) is 11.5 Å². The largest absolute Gasteiger partial charge is 0.493 e. The Kier molecular flexibility index (Phi) is 8.37. The number of aromatic nitrogens is 1. The molecule has 2 heterocycles. The summed E-state index contributed by atoms with van der Waals surface area (Å²) in [5.41, 5.74) is 2.45. The number of ether oxygens (including phenoxy) is 3. The van der Waals surface area contributed by atoms with E-state index in [1.165, 1.54) is 35.1 Å². The number of nitrogens with zero attached hydrogens (tertiary/aromatic N) is 2. The van der Waals surface area contributed by atoms with Crippen LogP contribution in [0.4, 0.5) is 4.39 Å². The summed E-state index contributed by atoms with van der Waals surface area (Å²) in [5, 5.41) is 0.610. The van der Waals surface area contributed by atoms with Gasteiger partial charge in [0.1, 0.15) is 12.4 Å². The smallest absolute Gasteiger partial charge is 0.338 e. The number of benzene rings is 3. The van der Waals surface area contributed by atoms with Gasteiger partial charge in [-0.25, -0.2) is 14.2 Å². The molecule has 0 saturated carbocycles. The zero-order chi connectivity index (χ0) is 29.1. The second-order valence-corrected chi connectivity index (χ2v) is 10.6. The van der Waals surface area contributed by atoms with Gasteiger partial charge in [-0.2, -0.15) is 0 Å². The maximum absolute atomic E-state index is 13.8. The van der Waals surface area contributed by atoms with Crippen LogP contribution < -0.4 is 24.4 Å². The van der Waals surface area contributed by atoms with E-state index in [1.54, 1.807) is 50.3 Å². The van der Waals surface area contributed by atoms with Crippen LogP contribution in [0.25, 0.3) is 6.08 Å². The van der Waals surface area contributed by atoms with Crippen molar-refractivity contribution < 1.29 is 23.4 Å². The molecule has 0 fully saturated rings. The fraction of sp³-hybridized carbons (Fsp3) is 0.194. The van der Waals surface area contributed by atoms with Crippen molar-refractivity contribution >= 4 is 35.0 Å². The van der Waals surface area contributed by atoms with E-state index in [1.807, 2.05) is 24.3 Å². The SMILES string of the molecule is CCOC(=O)C1=C(C)N=c2s/c(=C\c3ccc(OCc4ccccc4Cl)c(OC)c3)c(=O)n2[C@H]1c1ccc(F)cc1. The van der Waals surface area contributed by atoms with Crippen LogP contribution in [-0.4, -0.2) is 24.3 Å². The number of thiazole rings is 1. The molecule has 0 unspecified atom stereocenters. The number of hydrogen-bond donors (Lipinski definition) is 0. The van der Waals surface area contributed by atoms with Crippen molar-refractivity contribution in [2.45, 2.75) is 26.5 Å². The summed E-state index contributed by atoms with van der Waals surface area (Å²) >= 11 is 7.44. The number of halogens is 2. The number of hydrogen-bond acceptors (Lipinski definition) is 7. The average Bonchev–Trinajstić information content (AvgIpc) is 3.26. The lowest BCUT2D eigenvalue weighted by Crippen LogP contribution is -2.39. The number of rotatable bonds is 8. The second kappa shape index (κ2) is 12.1. The molecule has 1 aliphatic rings. The van der Waals surface area contributed by atoms with Crippen molar-refractivity contribution in [3.05, 3.63) is 125 Å². The molecule has 1 aliphatic heterocycles. The summed E-state index contributed by atoms with van der Waals surface area (Å²) in [5.74, 6) is 0.0162. The van der Waals surface area contributed by atoms with Gasteiger partial charge in [-0.1, -0.05) is 59.3 Å². The third-order valence-electron chi connectivity index (χ3n) is 6.53. The van der Waals surface area contributed by atoms with Crippen molar-refractivity contribution in [2.24, 2.45) is 4.99 Å². The Morgan fingerprint density at radius 1 is 1.12 bits per heavy atom. The van der Waals surface area contributed by atoms with Gasteiger partial charge in [0.25, 0.3) is 5.56 Å². The third kappa shape index (κ3) is 5.82. The first-order chi connectivity index (χ1) is 19.8. The monoisotopic (exact) mass is 592 g/mol. The lowest BCUT2D eigenvalue weighted by atomic mass is 9.96. The van der Waals surface area contributed by atoms with Crippen molar-refractivity contribution in [3.63, 3.8) is 0 Å². The number of carbonyl (C=O) groups excluding carboxylic acids is 1. The Morgan fingerprint density at radius 3 is 2.59 bits per heavy atom. The molecule has 1 aromatic heterocycles. The first-order valence-electron chi connectivity index (χ1n) is 12.8. The molecule has 210 valence electrons. The maximum Gasteiger partial charge on any atom is 0.338 e. The highest BCUT2D eigenvalue weighted by Gasteiger charge is 2.33. The van der Waals surface area contributed by atoms with Crippen LogP contribution in [0.5, 0.6) is 11.5 Å². The lowest BCUT2D eigenvalue weighted by Gasteiger charge is -2.24. The Hall–Kier alpha value is -4.21. The molecule has 0 spiro atoms. The van der Waals surface area contributed by atoms with Crippen LogP contribution in [0.1, 0.15) is 36.6 Å². The van der Waals surface area contributed by atoms with E-state index in [-0.39, 0.29) is 24.3 Å². The van der Waals surface area contributed by atoms with Crippen LogP contribution in [0.15, 0.2) is 87.8 Å². The summed E-state index contributed by atoms with van der Waals surface area (Å²) < 4.78 is 32.4. The van der Waals surface area contributed by atoms with E-state index < -0.39 is 17.8 Å². The van der Waals surface area contributed by atoms with Gasteiger partial charge in [0, 0.05) is 10.6 Å². The van der Waals surface area contributed by atoms with E-state index in [2.05, 4.69) is 4.99 Å². The predicted molar refractivity (Wildman–Crippen MR) is 156 cm³/mol. The summed E-state index contributed by atoms with van der Waals surface area (Å²) in [7, 11) is 1.54. The van der Waals surface area contributed by atoms with Crippen LogP contribution in [0, 0.1) is 5.82 Å². The molecule has 0 amide bonds. The van der Waals surface area contributed by atoms with Gasteiger partial charge in [0.05, 0.1) is 35.6 Å². The molecule has 1 atom stereocenters. The minimum Gasteiger partial charge on any atom is -0.493 e. The van der Waals surface area contributed by atoms with E-state index in [0.29, 0.717) is 42.7 Å². The van der Waals surface area contributed by atoms with Crippen LogP contribution in [0.3, 0.4) is 0 Å². The summed E-state index contributed by atoms with van der Waals surface area (Å²) in [6.07, 6.45) is 1.73. The zero-order valence-corrected chi connectivity index (χ0v) is 24.1. The highest BCUT2D eigenvalue weighted by atomic mass is 35.5. The molecular weight excluding hydrogens is 567 g/mol. The van der Waals surface area contributed by atoms with E-state index in [4.69, 9.17) is 25.8 Å². The average molecular weight is 593 g/mol. The predicted octanol–water partition coefficient (Wildman–Crippen LogP) is 5.18. The Morgan fingerprint density at radius 2 is 1.88 bits per heavy atom. The van der Waals surface area contributed by atoms with Gasteiger partial charge in [0.15, 0.2) is 16.3 Å². The molecule has 4 aromatic rings. The summed E-state index contributed by atoms with van der Waals surface area (Å²) in [6, 6.07) is 17.7. The standard InChI is InChI=1S/C31H26ClFN2O5S/c1-4-39-30(37)27-18(2)34-31-35(28(27)20-10-12-22(33)13-11-20)29(36)26(41-31)16-19-9-14-24(25(15-19)38-3)40-17-21-7-5-6-8-23(21)32/h5-16,28H,4,17H2,1-3H3/b26-16-/t28-/m0/s1. The lowest BCUT2D eigenvalue weighted by molar-refractivity contribution is -0.139. The van der Waals surface area contributed by atoms with Gasteiger partial charge in [-0.15, -0.1) is 0 Å². The van der Waals surface area contributed by atoms with Crippen LogP contribution in [0.2, 0.25) is 5.02 Å². The van der Waals surface area contributed by atoms with E-state index in [0.717, 1.165) is 5.56 Å². The number of carbonyl (C=O) groups is 1. The van der Waals surface area contributed by atoms with Crippen molar-refractivity contribution in [1.82, 2.24) is 4.57 Å². The molecule has 0 radical (unpaired) electrons. The van der Waals surface area contributed by atoms with Crippen molar-refractivity contribution in [2.75, 3.05) is 13.7 Å². The molecule has 0 N–H and O–H groups in total. The molecule has 5 rings (SSSR count). The Labute approximate surface area is 244 Å². The number of methoxy groups -OCH3 is 1. The fourth-order valence-corrected chi connectivity index (χ4v) is 5.80. The normalized spacial score (nSPS) is 14.9. The summed E-state index contributed by atoms with van der Waals surface area (Å²) in [6.45, 7) is 3.83. The molecule has 0 saturated heterocycles. The minimum atomic E-state index is -0.817. The quantitative estimate of drug-likeness (QED) is 0.264. The van der Waals surface area contributed by atoms with Crippen LogP contribution in [-0.2, 0) is 16.1 Å². The van der Waals surface area contributed by atoms with Crippen LogP contribution >= 0.6 is 22.9 Å². The van der Waals surface area contributed by atoms with Gasteiger partial charge < -0.3 is 14.2 Å². The molecule has 3 aromatic carbocycles. The molecule has 7 nitrogen and oxygen atoms in total. The molecule has 0 bridgehead atoms. The maximum atomic E-state index is 13.8. The number of esters is 1. The molecule has 41 heavy (non-hydrogen) atoms. The minimum absolute atomic E-state index is 0.163. The fourth-order valence-electron chi connectivity index (χ4n) is 4.57. The van der Waals surface area contributed by atoms with E-state index >= 15 is 0 Å². The number of allylic oxidation sites excluding steroid dienone is 1. The summed E-state index contributed by atoms with van der Waals surface area (Å²) in [4.78, 5) is 31.7. The first kappa shape index (κ1) is 28.3. The highest BCUT2D eigenvalue weighted by molar-refractivity contribution is 7.07. The third-order valence-corrected chi connectivity index (χ3v) is 7.88. The molecule has 0 aliphatic carbocycles. The topological polar surface area (TPSA) is 79.1 Å². The number of fused-ring (bicyclic) bond motifs is 1. The van der Waals surface area contributed by atoms with E-state index in [9.17, 15) is 14.0 Å².